The molecule has 0 atom stereocenters. The Hall–Kier alpha value is -1.73. The molecule has 3 heterocycles. The normalized spacial score (nSPS) is 15.4. The molecular formula is C13H16N4O2S. The van der Waals surface area contributed by atoms with Gasteiger partial charge in [0.2, 0.25) is 0 Å². The monoisotopic (exact) mass is 292 g/mol. The minimum atomic E-state index is 0.108. The minimum absolute atomic E-state index is 0.108. The Bertz CT molecular complexity index is 615. The second kappa shape index (κ2) is 5.34. The highest BCUT2D eigenvalue weighted by molar-refractivity contribution is 7.13. The molecule has 1 amide bonds. The number of thiophene rings is 1. The molecule has 0 aliphatic carbocycles. The van der Waals surface area contributed by atoms with Gasteiger partial charge in [0.1, 0.15) is 5.69 Å². The van der Waals surface area contributed by atoms with Gasteiger partial charge in [0.05, 0.1) is 23.7 Å². The van der Waals surface area contributed by atoms with E-state index in [4.69, 9.17) is 4.74 Å². The fourth-order valence-corrected chi connectivity index (χ4v) is 3.04. The Morgan fingerprint density at radius 1 is 1.50 bits per heavy atom. The van der Waals surface area contributed by atoms with E-state index < -0.39 is 0 Å². The molecule has 7 heteroatoms. The largest absolute Gasteiger partial charge is 0.378 e. The van der Waals surface area contributed by atoms with E-state index in [9.17, 15) is 4.79 Å². The number of aryl methyl sites for hydroxylation is 1. The van der Waals surface area contributed by atoms with Gasteiger partial charge in [0.15, 0.2) is 0 Å². The van der Waals surface area contributed by atoms with E-state index >= 15 is 0 Å². The second-order valence-electron chi connectivity index (χ2n) is 4.90. The summed E-state index contributed by atoms with van der Waals surface area (Å²) in [6.45, 7) is 3.84. The summed E-state index contributed by atoms with van der Waals surface area (Å²) in [5.41, 5.74) is 0.811. The molecular weight excluding hydrogens is 276 g/mol. The van der Waals surface area contributed by atoms with Crippen LogP contribution in [0.5, 0.6) is 0 Å². The van der Waals surface area contributed by atoms with Crippen LogP contribution in [0.4, 0.5) is 0 Å². The average molecular weight is 292 g/mol. The van der Waals surface area contributed by atoms with Gasteiger partial charge in [-0.3, -0.25) is 4.79 Å². The molecule has 0 N–H and O–H groups in total. The van der Waals surface area contributed by atoms with Crippen LogP contribution in [-0.2, 0) is 11.3 Å². The highest BCUT2D eigenvalue weighted by Crippen LogP contribution is 2.25. The predicted octanol–water partition coefficient (Wildman–Crippen LogP) is 1.49. The zero-order valence-corrected chi connectivity index (χ0v) is 12.3. The molecule has 0 radical (unpaired) electrons. The molecule has 1 fully saturated rings. The van der Waals surface area contributed by atoms with Gasteiger partial charge in [0.25, 0.3) is 5.91 Å². The summed E-state index contributed by atoms with van der Waals surface area (Å²) in [5.74, 6) is 0.108. The lowest BCUT2D eigenvalue weighted by molar-refractivity contribution is 0.0503. The molecule has 0 aromatic carbocycles. The molecule has 2 aromatic rings. The van der Waals surface area contributed by atoms with Crippen LogP contribution in [0, 0.1) is 6.92 Å². The lowest BCUT2D eigenvalue weighted by Gasteiger charge is -2.38. The van der Waals surface area contributed by atoms with Crippen LogP contribution in [0.15, 0.2) is 18.3 Å². The maximum atomic E-state index is 12.2. The first-order chi connectivity index (χ1) is 9.67. The number of methoxy groups -OCH3 is 1. The Morgan fingerprint density at radius 3 is 2.95 bits per heavy atom. The Kier molecular flexibility index (Phi) is 3.54. The van der Waals surface area contributed by atoms with Crippen molar-refractivity contribution in [1.82, 2.24) is 19.9 Å². The quantitative estimate of drug-likeness (QED) is 0.856. The van der Waals surface area contributed by atoms with Gasteiger partial charge in [0, 0.05) is 25.1 Å². The van der Waals surface area contributed by atoms with E-state index in [-0.39, 0.29) is 11.9 Å². The van der Waals surface area contributed by atoms with Gasteiger partial charge >= 0.3 is 0 Å². The van der Waals surface area contributed by atoms with Crippen LogP contribution in [0.25, 0.3) is 0 Å². The first-order valence-corrected chi connectivity index (χ1v) is 7.24. The third-order valence-electron chi connectivity index (χ3n) is 3.32. The molecule has 20 heavy (non-hydrogen) atoms. The zero-order chi connectivity index (χ0) is 14.1. The molecule has 1 saturated heterocycles. The van der Waals surface area contributed by atoms with Gasteiger partial charge in [-0.25, -0.2) is 4.68 Å². The average Bonchev–Trinajstić information content (AvgIpc) is 2.97. The number of ether oxygens (including phenoxy) is 1. The first kappa shape index (κ1) is 13.3. The Balaban J connectivity index is 1.59. The van der Waals surface area contributed by atoms with Crippen molar-refractivity contribution in [2.24, 2.45) is 0 Å². The molecule has 2 aromatic heterocycles. The van der Waals surface area contributed by atoms with Crippen LogP contribution < -0.4 is 0 Å². The standard InChI is InChI=1S/C13H16N4O2S/c1-9-3-4-12(20-9)13(18)16-6-11(7-16)17-5-10(8-19-2)14-15-17/h3-5,11H,6-8H2,1-2H3. The van der Waals surface area contributed by atoms with E-state index in [0.29, 0.717) is 19.7 Å². The Morgan fingerprint density at radius 2 is 2.30 bits per heavy atom. The molecule has 0 saturated carbocycles. The maximum absolute atomic E-state index is 12.2. The summed E-state index contributed by atoms with van der Waals surface area (Å²) in [5, 5.41) is 8.11. The van der Waals surface area contributed by atoms with Crippen molar-refractivity contribution in [3.63, 3.8) is 0 Å². The number of aromatic nitrogens is 3. The lowest BCUT2D eigenvalue weighted by atomic mass is 10.1. The third-order valence-corrected chi connectivity index (χ3v) is 4.31. The van der Waals surface area contributed by atoms with Crippen molar-refractivity contribution in [2.75, 3.05) is 20.2 Å². The summed E-state index contributed by atoms with van der Waals surface area (Å²) >= 11 is 1.54. The molecule has 1 aliphatic rings. The van der Waals surface area contributed by atoms with E-state index in [2.05, 4.69) is 10.3 Å². The first-order valence-electron chi connectivity index (χ1n) is 6.42. The Labute approximate surface area is 121 Å². The number of rotatable bonds is 4. The second-order valence-corrected chi connectivity index (χ2v) is 6.19. The molecule has 1 aliphatic heterocycles. The van der Waals surface area contributed by atoms with Crippen LogP contribution in [0.1, 0.15) is 26.3 Å². The fraction of sp³-hybridized carbons (Fsp3) is 0.462. The number of carbonyl (C=O) groups is 1. The van der Waals surface area contributed by atoms with E-state index in [1.165, 1.54) is 11.3 Å². The summed E-state index contributed by atoms with van der Waals surface area (Å²) < 4.78 is 6.83. The molecule has 106 valence electrons. The number of nitrogens with zero attached hydrogens (tertiary/aromatic N) is 4. The third kappa shape index (κ3) is 2.46. The summed E-state index contributed by atoms with van der Waals surface area (Å²) in [7, 11) is 1.63. The fourth-order valence-electron chi connectivity index (χ4n) is 2.20. The van der Waals surface area contributed by atoms with Gasteiger partial charge in [-0.05, 0) is 19.1 Å². The highest BCUT2D eigenvalue weighted by Gasteiger charge is 2.33. The maximum Gasteiger partial charge on any atom is 0.264 e. The highest BCUT2D eigenvalue weighted by atomic mass is 32.1. The van der Waals surface area contributed by atoms with Crippen molar-refractivity contribution >= 4 is 17.2 Å². The van der Waals surface area contributed by atoms with E-state index in [0.717, 1.165) is 15.4 Å². The molecule has 0 spiro atoms. The van der Waals surface area contributed by atoms with Gasteiger partial charge in [-0.15, -0.1) is 16.4 Å². The number of amides is 1. The molecule has 3 rings (SSSR count). The predicted molar refractivity (Wildman–Crippen MR) is 74.7 cm³/mol. The van der Waals surface area contributed by atoms with Gasteiger partial charge < -0.3 is 9.64 Å². The number of hydrogen-bond donors (Lipinski definition) is 0. The van der Waals surface area contributed by atoms with Crippen molar-refractivity contribution in [3.05, 3.63) is 33.8 Å². The van der Waals surface area contributed by atoms with E-state index in [1.54, 1.807) is 7.11 Å². The molecule has 6 nitrogen and oxygen atoms in total. The van der Waals surface area contributed by atoms with Crippen molar-refractivity contribution in [3.8, 4) is 0 Å². The summed E-state index contributed by atoms with van der Waals surface area (Å²) in [4.78, 5) is 16.0. The zero-order valence-electron chi connectivity index (χ0n) is 11.4. The number of likely N-dealkylation sites (tertiary alicyclic amines) is 1. The lowest BCUT2D eigenvalue weighted by Crippen LogP contribution is -2.50. The number of hydrogen-bond acceptors (Lipinski definition) is 5. The van der Waals surface area contributed by atoms with Crippen LogP contribution in [0.3, 0.4) is 0 Å². The van der Waals surface area contributed by atoms with Gasteiger partial charge in [-0.2, -0.15) is 0 Å². The van der Waals surface area contributed by atoms with Crippen molar-refractivity contribution in [2.45, 2.75) is 19.6 Å². The topological polar surface area (TPSA) is 60.2 Å². The molecule has 0 bridgehead atoms. The van der Waals surface area contributed by atoms with Crippen LogP contribution in [0.2, 0.25) is 0 Å². The molecule has 0 unspecified atom stereocenters. The van der Waals surface area contributed by atoms with Crippen molar-refractivity contribution in [1.29, 1.82) is 0 Å². The number of carbonyl (C=O) groups excluding carboxylic acids is 1. The SMILES string of the molecule is COCc1cn(C2CN(C(=O)c3ccc(C)s3)C2)nn1. The summed E-state index contributed by atoms with van der Waals surface area (Å²) in [6.07, 6.45) is 1.88. The van der Waals surface area contributed by atoms with Crippen molar-refractivity contribution < 1.29 is 9.53 Å². The van der Waals surface area contributed by atoms with Crippen LogP contribution >= 0.6 is 11.3 Å². The summed E-state index contributed by atoms with van der Waals surface area (Å²) in [6, 6.07) is 4.09. The van der Waals surface area contributed by atoms with Gasteiger partial charge in [-0.1, -0.05) is 5.21 Å². The van der Waals surface area contributed by atoms with E-state index in [1.807, 2.05) is 34.8 Å². The minimum Gasteiger partial charge on any atom is -0.378 e. The smallest absolute Gasteiger partial charge is 0.264 e. The van der Waals surface area contributed by atoms with Crippen LogP contribution in [-0.4, -0.2) is 46.0 Å².